The summed E-state index contributed by atoms with van der Waals surface area (Å²) in [6, 6.07) is -1.06. The summed E-state index contributed by atoms with van der Waals surface area (Å²) in [5.74, 6) is -1.16. The highest BCUT2D eigenvalue weighted by Crippen LogP contribution is 2.03. The lowest BCUT2D eigenvalue weighted by Gasteiger charge is -2.28. The van der Waals surface area contributed by atoms with Gasteiger partial charge in [-0.1, -0.05) is 0 Å². The average Bonchev–Trinajstić information content (AvgIpc) is 2.32. The molecule has 0 aromatic carbocycles. The maximum Gasteiger partial charge on any atom is 0.318 e. The number of urea groups is 1. The van der Waals surface area contributed by atoms with Gasteiger partial charge >= 0.3 is 12.0 Å². The van der Waals surface area contributed by atoms with Gasteiger partial charge in [0.1, 0.15) is 6.04 Å². The van der Waals surface area contributed by atoms with E-state index in [-0.39, 0.29) is 24.4 Å². The highest BCUT2D eigenvalue weighted by atomic mass is 16.4. The van der Waals surface area contributed by atoms with Gasteiger partial charge in [0.05, 0.1) is 0 Å². The molecule has 3 amide bonds. The molecule has 0 aromatic rings. The molecule has 0 aliphatic rings. The smallest absolute Gasteiger partial charge is 0.318 e. The number of hydrogen-bond donors (Lipinski definition) is 3. The quantitative estimate of drug-likeness (QED) is 0.625. The monoisotopic (exact) mass is 273 g/mol. The first-order valence-corrected chi connectivity index (χ1v) is 6.30. The molecule has 0 fully saturated rings. The molecule has 3 N–H and O–H groups in total. The Labute approximate surface area is 113 Å². The maximum atomic E-state index is 12.0. The van der Waals surface area contributed by atoms with E-state index in [0.717, 1.165) is 0 Å². The number of nitrogens with zero attached hydrogens (tertiary/aromatic N) is 1. The molecule has 1 atom stereocenters. The molecule has 0 aromatic heterocycles. The number of carboxylic acids is 1. The maximum absolute atomic E-state index is 12.0. The Hall–Kier alpha value is -1.79. The molecule has 0 heterocycles. The van der Waals surface area contributed by atoms with Gasteiger partial charge in [0.25, 0.3) is 0 Å². The zero-order valence-electron chi connectivity index (χ0n) is 11.9. The highest BCUT2D eigenvalue weighted by Gasteiger charge is 2.21. The number of carbonyl (C=O) groups is 3. The van der Waals surface area contributed by atoms with Gasteiger partial charge < -0.3 is 20.6 Å². The Morgan fingerprint density at radius 3 is 2.21 bits per heavy atom. The van der Waals surface area contributed by atoms with Crippen LogP contribution in [0.1, 0.15) is 33.6 Å². The summed E-state index contributed by atoms with van der Waals surface area (Å²) in [7, 11) is 1.50. The van der Waals surface area contributed by atoms with Crippen LogP contribution >= 0.6 is 0 Å². The van der Waals surface area contributed by atoms with Crippen molar-refractivity contribution in [1.29, 1.82) is 0 Å². The van der Waals surface area contributed by atoms with Crippen molar-refractivity contribution in [2.24, 2.45) is 0 Å². The van der Waals surface area contributed by atoms with Crippen LogP contribution in [0.25, 0.3) is 0 Å². The third-order valence-corrected chi connectivity index (χ3v) is 2.65. The second-order valence-corrected chi connectivity index (χ2v) is 4.57. The lowest BCUT2D eigenvalue weighted by molar-refractivity contribution is -0.137. The van der Waals surface area contributed by atoms with Crippen LogP contribution in [0.3, 0.4) is 0 Å². The minimum atomic E-state index is -0.886. The normalized spacial score (nSPS) is 11.8. The fourth-order valence-corrected chi connectivity index (χ4v) is 1.55. The first-order valence-electron chi connectivity index (χ1n) is 6.30. The molecule has 0 bridgehead atoms. The van der Waals surface area contributed by atoms with Gasteiger partial charge in [-0.15, -0.1) is 0 Å². The van der Waals surface area contributed by atoms with E-state index in [1.54, 1.807) is 6.92 Å². The van der Waals surface area contributed by atoms with Crippen molar-refractivity contribution in [3.8, 4) is 0 Å². The van der Waals surface area contributed by atoms with E-state index in [0.29, 0.717) is 13.0 Å². The molecule has 0 aliphatic heterocycles. The summed E-state index contributed by atoms with van der Waals surface area (Å²) in [6.45, 7) is 5.61. The van der Waals surface area contributed by atoms with E-state index in [1.807, 2.05) is 13.8 Å². The van der Waals surface area contributed by atoms with Crippen LogP contribution in [0.2, 0.25) is 0 Å². The van der Waals surface area contributed by atoms with E-state index in [2.05, 4.69) is 10.6 Å². The number of likely N-dealkylation sites (N-methyl/N-ethyl adjacent to an activating group) is 1. The number of aliphatic carboxylic acids is 1. The van der Waals surface area contributed by atoms with Crippen LogP contribution in [-0.4, -0.2) is 53.6 Å². The van der Waals surface area contributed by atoms with Crippen molar-refractivity contribution in [1.82, 2.24) is 15.5 Å². The largest absolute Gasteiger partial charge is 0.481 e. The first-order chi connectivity index (χ1) is 8.79. The van der Waals surface area contributed by atoms with Crippen LogP contribution in [0.15, 0.2) is 0 Å². The molecule has 0 saturated heterocycles. The van der Waals surface area contributed by atoms with Crippen molar-refractivity contribution in [2.75, 3.05) is 13.6 Å². The number of carbonyl (C=O) groups excluding carboxylic acids is 2. The Morgan fingerprint density at radius 1 is 1.21 bits per heavy atom. The minimum absolute atomic E-state index is 0.0154. The third-order valence-electron chi connectivity index (χ3n) is 2.65. The van der Waals surface area contributed by atoms with Gasteiger partial charge in [-0.2, -0.15) is 0 Å². The minimum Gasteiger partial charge on any atom is -0.481 e. The Bertz CT molecular complexity index is 331. The van der Waals surface area contributed by atoms with E-state index < -0.39 is 12.0 Å². The zero-order chi connectivity index (χ0) is 15.0. The van der Waals surface area contributed by atoms with Gasteiger partial charge in [-0.05, 0) is 27.2 Å². The average molecular weight is 273 g/mol. The van der Waals surface area contributed by atoms with Gasteiger partial charge in [0.15, 0.2) is 0 Å². The summed E-state index contributed by atoms with van der Waals surface area (Å²) in [4.78, 5) is 35.3. The predicted molar refractivity (Wildman–Crippen MR) is 70.8 cm³/mol. The van der Waals surface area contributed by atoms with E-state index >= 15 is 0 Å². The number of hydrogen-bond acceptors (Lipinski definition) is 3. The van der Waals surface area contributed by atoms with Crippen molar-refractivity contribution in [3.05, 3.63) is 0 Å². The summed E-state index contributed by atoms with van der Waals surface area (Å²) in [5, 5.41) is 13.6. The Morgan fingerprint density at radius 2 is 1.79 bits per heavy atom. The predicted octanol–water partition coefficient (Wildman–Crippen LogP) is 0.406. The molecule has 110 valence electrons. The van der Waals surface area contributed by atoms with Gasteiger partial charge in [-0.25, -0.2) is 4.79 Å². The fourth-order valence-electron chi connectivity index (χ4n) is 1.55. The van der Waals surface area contributed by atoms with Crippen LogP contribution in [-0.2, 0) is 9.59 Å². The molecule has 0 spiro atoms. The van der Waals surface area contributed by atoms with E-state index in [9.17, 15) is 14.4 Å². The Kier molecular flexibility index (Phi) is 7.55. The molecule has 0 radical (unpaired) electrons. The van der Waals surface area contributed by atoms with Crippen molar-refractivity contribution in [2.45, 2.75) is 45.7 Å². The Balaban J connectivity index is 4.41. The summed E-state index contributed by atoms with van der Waals surface area (Å²) in [5.41, 5.74) is 0. The second kappa shape index (κ2) is 8.34. The summed E-state index contributed by atoms with van der Waals surface area (Å²) >= 11 is 0. The van der Waals surface area contributed by atoms with E-state index in [4.69, 9.17) is 5.11 Å². The van der Waals surface area contributed by atoms with Crippen molar-refractivity contribution >= 4 is 17.9 Å². The lowest BCUT2D eigenvalue weighted by atomic mass is 10.2. The van der Waals surface area contributed by atoms with Crippen LogP contribution < -0.4 is 10.6 Å². The molecule has 19 heavy (non-hydrogen) atoms. The summed E-state index contributed by atoms with van der Waals surface area (Å²) < 4.78 is 0. The molecule has 0 rings (SSSR count). The topological polar surface area (TPSA) is 98.7 Å². The lowest BCUT2D eigenvalue weighted by Crippen LogP contribution is -2.51. The van der Waals surface area contributed by atoms with Crippen molar-refractivity contribution in [3.63, 3.8) is 0 Å². The number of amides is 3. The summed E-state index contributed by atoms with van der Waals surface area (Å²) in [6.07, 6.45) is 0.400. The van der Waals surface area contributed by atoms with Gasteiger partial charge in [-0.3, -0.25) is 9.59 Å². The third kappa shape index (κ3) is 6.64. The molecule has 7 nitrogen and oxygen atoms in total. The first kappa shape index (κ1) is 17.2. The fraction of sp³-hybridized carbons (Fsp3) is 0.750. The van der Waals surface area contributed by atoms with E-state index in [1.165, 1.54) is 11.9 Å². The molecular formula is C12H23N3O4. The van der Waals surface area contributed by atoms with Crippen molar-refractivity contribution < 1.29 is 19.5 Å². The second-order valence-electron chi connectivity index (χ2n) is 4.57. The zero-order valence-corrected chi connectivity index (χ0v) is 11.9. The number of nitrogens with one attached hydrogen (secondary N) is 2. The number of rotatable bonds is 7. The van der Waals surface area contributed by atoms with Gasteiger partial charge in [0.2, 0.25) is 5.91 Å². The highest BCUT2D eigenvalue weighted by molar-refractivity contribution is 5.86. The van der Waals surface area contributed by atoms with Crippen LogP contribution in [0.5, 0.6) is 0 Å². The molecule has 1 unspecified atom stereocenters. The van der Waals surface area contributed by atoms with Crippen LogP contribution in [0.4, 0.5) is 4.79 Å². The molecule has 7 heteroatoms. The molecular weight excluding hydrogens is 250 g/mol. The molecule has 0 saturated carbocycles. The SMILES string of the molecule is CNC(=O)C(C)NC(=O)N(CCCC(=O)O)C(C)C. The standard InChI is InChI=1S/C12H23N3O4/c1-8(2)15(7-5-6-10(16)17)12(19)14-9(3)11(18)13-4/h8-9H,5-7H2,1-4H3,(H,13,18)(H,14,19)(H,16,17). The van der Waals surface area contributed by atoms with Gasteiger partial charge in [0, 0.05) is 26.1 Å². The van der Waals surface area contributed by atoms with Crippen LogP contribution in [0, 0.1) is 0 Å². The number of carboxylic acid groups (broad SMARTS) is 1. The molecule has 0 aliphatic carbocycles.